The maximum absolute atomic E-state index is 11.9. The molecule has 0 spiro atoms. The van der Waals surface area contributed by atoms with Crippen molar-refractivity contribution >= 4 is 40.9 Å². The lowest BCUT2D eigenvalue weighted by Gasteiger charge is -2.10. The molecule has 0 radical (unpaired) electrons. The molecule has 20 heavy (non-hydrogen) atoms. The van der Waals surface area contributed by atoms with E-state index in [0.29, 0.717) is 21.7 Å². The SMILES string of the molecule is O=C(CSC1CCCC1)Nc1cc(C(=O)O)ccc1Cl. The Morgan fingerprint density at radius 3 is 2.70 bits per heavy atom. The molecule has 2 N–H and O–H groups in total. The summed E-state index contributed by atoms with van der Waals surface area (Å²) in [5.41, 5.74) is 0.455. The van der Waals surface area contributed by atoms with Crippen LogP contribution in [0.5, 0.6) is 0 Å². The van der Waals surface area contributed by atoms with E-state index in [1.807, 2.05) is 0 Å². The van der Waals surface area contributed by atoms with Crippen molar-refractivity contribution in [3.8, 4) is 0 Å². The number of thioether (sulfide) groups is 1. The summed E-state index contributed by atoms with van der Waals surface area (Å²) in [6.07, 6.45) is 4.83. The van der Waals surface area contributed by atoms with E-state index in [9.17, 15) is 9.59 Å². The molecule has 1 aromatic carbocycles. The van der Waals surface area contributed by atoms with Gasteiger partial charge in [-0.3, -0.25) is 4.79 Å². The van der Waals surface area contributed by atoms with Gasteiger partial charge in [0.1, 0.15) is 0 Å². The van der Waals surface area contributed by atoms with Crippen LogP contribution in [0, 0.1) is 0 Å². The highest BCUT2D eigenvalue weighted by Crippen LogP contribution is 2.29. The molecule has 0 atom stereocenters. The van der Waals surface area contributed by atoms with E-state index in [0.717, 1.165) is 0 Å². The number of carbonyl (C=O) groups is 2. The van der Waals surface area contributed by atoms with Crippen LogP contribution in [0.25, 0.3) is 0 Å². The predicted octanol–water partition coefficient (Wildman–Crippen LogP) is 3.65. The molecule has 1 aromatic rings. The Labute approximate surface area is 126 Å². The smallest absolute Gasteiger partial charge is 0.335 e. The molecule has 0 aromatic heterocycles. The first-order valence-corrected chi connectivity index (χ1v) is 7.93. The highest BCUT2D eigenvalue weighted by Gasteiger charge is 2.17. The van der Waals surface area contributed by atoms with Crippen molar-refractivity contribution in [3.05, 3.63) is 28.8 Å². The molecular formula is C14H16ClNO3S. The average molecular weight is 314 g/mol. The molecule has 1 amide bonds. The third-order valence-corrected chi connectivity index (χ3v) is 4.94. The number of carbonyl (C=O) groups excluding carboxylic acids is 1. The maximum atomic E-state index is 11.9. The number of nitrogens with one attached hydrogen (secondary N) is 1. The van der Waals surface area contributed by atoms with Crippen molar-refractivity contribution in [2.24, 2.45) is 0 Å². The van der Waals surface area contributed by atoms with E-state index >= 15 is 0 Å². The average Bonchev–Trinajstić information content (AvgIpc) is 2.92. The summed E-state index contributed by atoms with van der Waals surface area (Å²) >= 11 is 7.61. The fraction of sp³-hybridized carbons (Fsp3) is 0.429. The van der Waals surface area contributed by atoms with Crippen molar-refractivity contribution in [1.82, 2.24) is 0 Å². The fourth-order valence-electron chi connectivity index (χ4n) is 2.19. The van der Waals surface area contributed by atoms with Crippen LogP contribution in [0.1, 0.15) is 36.0 Å². The van der Waals surface area contributed by atoms with Crippen LogP contribution >= 0.6 is 23.4 Å². The zero-order valence-corrected chi connectivity index (χ0v) is 12.5. The van der Waals surface area contributed by atoms with E-state index in [-0.39, 0.29) is 11.5 Å². The molecule has 1 saturated carbocycles. The maximum Gasteiger partial charge on any atom is 0.335 e. The summed E-state index contributed by atoms with van der Waals surface area (Å²) in [6.45, 7) is 0. The number of hydrogen-bond acceptors (Lipinski definition) is 3. The van der Waals surface area contributed by atoms with Gasteiger partial charge in [0, 0.05) is 5.25 Å². The second-order valence-electron chi connectivity index (χ2n) is 4.77. The van der Waals surface area contributed by atoms with Gasteiger partial charge in [-0.1, -0.05) is 24.4 Å². The Bertz CT molecular complexity index is 515. The second kappa shape index (κ2) is 6.99. The molecule has 0 aliphatic heterocycles. The van der Waals surface area contributed by atoms with Crippen molar-refractivity contribution in [2.45, 2.75) is 30.9 Å². The van der Waals surface area contributed by atoms with Gasteiger partial charge in [0.05, 0.1) is 22.0 Å². The molecule has 0 unspecified atom stereocenters. The first kappa shape index (κ1) is 15.2. The number of anilines is 1. The zero-order chi connectivity index (χ0) is 14.5. The molecular weight excluding hydrogens is 298 g/mol. The Morgan fingerprint density at radius 1 is 1.35 bits per heavy atom. The lowest BCUT2D eigenvalue weighted by Crippen LogP contribution is -2.16. The lowest BCUT2D eigenvalue weighted by molar-refractivity contribution is -0.113. The molecule has 1 aliphatic rings. The van der Waals surface area contributed by atoms with E-state index in [1.54, 1.807) is 11.8 Å². The third-order valence-electron chi connectivity index (χ3n) is 3.24. The van der Waals surface area contributed by atoms with Crippen LogP contribution < -0.4 is 5.32 Å². The molecule has 4 nitrogen and oxygen atoms in total. The highest BCUT2D eigenvalue weighted by atomic mass is 35.5. The van der Waals surface area contributed by atoms with E-state index in [1.165, 1.54) is 43.9 Å². The number of benzene rings is 1. The minimum atomic E-state index is -1.04. The van der Waals surface area contributed by atoms with Gasteiger partial charge in [0.25, 0.3) is 0 Å². The van der Waals surface area contributed by atoms with Crippen LogP contribution in [-0.4, -0.2) is 28.0 Å². The van der Waals surface area contributed by atoms with Crippen LogP contribution in [0.2, 0.25) is 5.02 Å². The van der Waals surface area contributed by atoms with E-state index < -0.39 is 5.97 Å². The largest absolute Gasteiger partial charge is 0.478 e. The van der Waals surface area contributed by atoms with Crippen molar-refractivity contribution in [2.75, 3.05) is 11.1 Å². The Morgan fingerprint density at radius 2 is 2.05 bits per heavy atom. The quantitative estimate of drug-likeness (QED) is 0.870. The number of carboxylic acid groups (broad SMARTS) is 1. The standard InChI is InChI=1S/C14H16ClNO3S/c15-11-6-5-9(14(18)19)7-12(11)16-13(17)8-20-10-3-1-2-4-10/h5-7,10H,1-4,8H2,(H,16,17)(H,18,19). The first-order chi connectivity index (χ1) is 9.56. The molecule has 0 saturated heterocycles. The summed E-state index contributed by atoms with van der Waals surface area (Å²) < 4.78 is 0. The topological polar surface area (TPSA) is 66.4 Å². The van der Waals surface area contributed by atoms with Gasteiger partial charge in [-0.25, -0.2) is 4.79 Å². The fourth-order valence-corrected chi connectivity index (χ4v) is 3.48. The monoisotopic (exact) mass is 313 g/mol. The molecule has 1 fully saturated rings. The van der Waals surface area contributed by atoms with Crippen molar-refractivity contribution < 1.29 is 14.7 Å². The normalized spacial score (nSPS) is 15.2. The highest BCUT2D eigenvalue weighted by molar-refractivity contribution is 8.00. The molecule has 0 bridgehead atoms. The summed E-state index contributed by atoms with van der Waals surface area (Å²) in [6, 6.07) is 4.27. The number of hydrogen-bond donors (Lipinski definition) is 2. The van der Waals surface area contributed by atoms with Gasteiger partial charge in [-0.15, -0.1) is 11.8 Å². The number of halogens is 1. The first-order valence-electron chi connectivity index (χ1n) is 6.50. The summed E-state index contributed by atoms with van der Waals surface area (Å²) in [7, 11) is 0. The van der Waals surface area contributed by atoms with Gasteiger partial charge in [-0.2, -0.15) is 0 Å². The van der Waals surface area contributed by atoms with E-state index in [2.05, 4.69) is 5.32 Å². The number of amides is 1. The van der Waals surface area contributed by atoms with Crippen LogP contribution in [-0.2, 0) is 4.79 Å². The Kier molecular flexibility index (Phi) is 5.31. The van der Waals surface area contributed by atoms with Crippen molar-refractivity contribution in [3.63, 3.8) is 0 Å². The molecule has 2 rings (SSSR count). The van der Waals surface area contributed by atoms with E-state index in [4.69, 9.17) is 16.7 Å². The molecule has 1 aliphatic carbocycles. The molecule has 6 heteroatoms. The Balaban J connectivity index is 1.92. The van der Waals surface area contributed by atoms with Crippen molar-refractivity contribution in [1.29, 1.82) is 0 Å². The van der Waals surface area contributed by atoms with Crippen LogP contribution in [0.15, 0.2) is 18.2 Å². The Hall–Kier alpha value is -1.20. The van der Waals surface area contributed by atoms with Crippen LogP contribution in [0.4, 0.5) is 5.69 Å². The van der Waals surface area contributed by atoms with Gasteiger partial charge in [0.15, 0.2) is 0 Å². The van der Waals surface area contributed by atoms with Gasteiger partial charge in [-0.05, 0) is 31.0 Å². The predicted molar refractivity (Wildman–Crippen MR) is 81.8 cm³/mol. The van der Waals surface area contributed by atoms with Crippen LogP contribution in [0.3, 0.4) is 0 Å². The number of carboxylic acids is 1. The minimum Gasteiger partial charge on any atom is -0.478 e. The summed E-state index contributed by atoms with van der Waals surface area (Å²) in [5, 5.41) is 12.5. The molecule has 108 valence electrons. The summed E-state index contributed by atoms with van der Waals surface area (Å²) in [5.74, 6) is -0.818. The number of aromatic carboxylic acids is 1. The number of rotatable bonds is 5. The third kappa shape index (κ3) is 4.15. The van der Waals surface area contributed by atoms with Gasteiger partial charge >= 0.3 is 5.97 Å². The van der Waals surface area contributed by atoms with Gasteiger partial charge in [0.2, 0.25) is 5.91 Å². The minimum absolute atomic E-state index is 0.105. The molecule has 0 heterocycles. The zero-order valence-electron chi connectivity index (χ0n) is 10.9. The summed E-state index contributed by atoms with van der Waals surface area (Å²) in [4.78, 5) is 22.8. The second-order valence-corrected chi connectivity index (χ2v) is 6.46. The van der Waals surface area contributed by atoms with Gasteiger partial charge < -0.3 is 10.4 Å². The lowest BCUT2D eigenvalue weighted by atomic mass is 10.2.